The first kappa shape index (κ1) is 99.1. The Morgan fingerprint density at radius 2 is 0.455 bits per heavy atom. The van der Waals surface area contributed by atoms with Crippen LogP contribution in [0.3, 0.4) is 0 Å². The van der Waals surface area contributed by atoms with Gasteiger partial charge in [0.15, 0.2) is 12.2 Å². The molecule has 0 aromatic rings. The Hall–Kier alpha value is -1.94. The summed E-state index contributed by atoms with van der Waals surface area (Å²) in [6.45, 7) is 11.9. The Morgan fingerprint density at radius 1 is 0.267 bits per heavy atom. The number of carbonyl (C=O) groups excluding carboxylic acids is 4. The van der Waals surface area contributed by atoms with Gasteiger partial charge in [-0.25, -0.2) is 9.13 Å². The first-order chi connectivity index (χ1) is 48.7. The van der Waals surface area contributed by atoms with Crippen molar-refractivity contribution in [2.75, 3.05) is 39.6 Å². The van der Waals surface area contributed by atoms with Crippen molar-refractivity contribution in [3.8, 4) is 0 Å². The normalized spacial score (nSPS) is 14.0. The molecule has 0 bridgehead atoms. The number of hydrogen-bond acceptors (Lipinski definition) is 15. The summed E-state index contributed by atoms with van der Waals surface area (Å²) in [4.78, 5) is 73.1. The predicted molar refractivity (Wildman–Crippen MR) is 414 cm³/mol. The van der Waals surface area contributed by atoms with E-state index in [9.17, 15) is 43.2 Å². The van der Waals surface area contributed by atoms with Gasteiger partial charge in [0.1, 0.15) is 19.3 Å². The first-order valence-electron chi connectivity index (χ1n) is 42.3. The summed E-state index contributed by atoms with van der Waals surface area (Å²) in [6, 6.07) is 0. The fourth-order valence-corrected chi connectivity index (χ4v) is 14.2. The van der Waals surface area contributed by atoms with E-state index in [4.69, 9.17) is 37.0 Å². The highest BCUT2D eigenvalue weighted by atomic mass is 31.2. The molecular formula is C82H160O17P2. The Labute approximate surface area is 619 Å². The van der Waals surface area contributed by atoms with Gasteiger partial charge in [0, 0.05) is 25.7 Å². The van der Waals surface area contributed by atoms with E-state index in [0.29, 0.717) is 31.6 Å². The SMILES string of the molecule is CCCCCCCCCCCCCCCCCCCCC(=O)OC[C@H](COP(=O)(O)OC[C@@H](O)COP(=O)(O)OC[C@@H](COC(=O)CCCCCCCCCC(C)C)OC(=O)CCCCCCCCCCCCCCC(C)C)OC(=O)CCCCCCCCCCCCCCCCCC(C)C. The van der Waals surface area contributed by atoms with Gasteiger partial charge in [0.05, 0.1) is 26.4 Å². The lowest BCUT2D eigenvalue weighted by Crippen LogP contribution is -2.30. The number of rotatable bonds is 80. The quantitative estimate of drug-likeness (QED) is 0.0222. The van der Waals surface area contributed by atoms with Gasteiger partial charge in [-0.3, -0.25) is 37.3 Å². The van der Waals surface area contributed by atoms with Crippen LogP contribution in [-0.2, 0) is 65.4 Å². The molecular weight excluding hydrogens is 1320 g/mol. The van der Waals surface area contributed by atoms with Gasteiger partial charge in [-0.1, -0.05) is 376 Å². The molecule has 0 rings (SSSR count). The number of phosphoric ester groups is 2. The monoisotopic (exact) mass is 1480 g/mol. The largest absolute Gasteiger partial charge is 0.472 e. The highest BCUT2D eigenvalue weighted by Gasteiger charge is 2.30. The molecule has 0 aliphatic rings. The molecule has 0 amide bonds. The summed E-state index contributed by atoms with van der Waals surface area (Å²) in [6.07, 6.45) is 61.1. The number of unbranched alkanes of at least 4 members (excludes halogenated alkanes) is 48. The summed E-state index contributed by atoms with van der Waals surface area (Å²) in [5.41, 5.74) is 0. The number of aliphatic hydroxyl groups is 1. The minimum atomic E-state index is -4.96. The average Bonchev–Trinajstić information content (AvgIpc) is 0.940. The van der Waals surface area contributed by atoms with E-state index in [-0.39, 0.29) is 25.7 Å². The second-order valence-corrected chi connectivity index (χ2v) is 33.8. The molecule has 0 fully saturated rings. The van der Waals surface area contributed by atoms with E-state index in [1.165, 1.54) is 231 Å². The molecule has 600 valence electrons. The standard InChI is InChI=1S/C82H160O17P2/c1-8-9-10-11-12-13-14-15-16-17-18-21-24-30-35-42-49-56-63-79(84)92-69-77(98-81(86)65-58-51-43-36-31-25-22-19-20-23-28-33-39-46-53-60-73(2)3)71-96-100(88,89)94-67-76(83)68-95-101(90,91)97-72-78(70-93-80(85)64-57-50-45-38-41-48-55-62-75(6)7)99-82(87)66-59-52-44-37-32-27-26-29-34-40-47-54-61-74(4)5/h73-78,83H,8-72H2,1-7H3,(H,88,89)(H,90,91)/t76-,77-,78-/m1/s1. The van der Waals surface area contributed by atoms with Crippen LogP contribution in [0.25, 0.3) is 0 Å². The third-order valence-corrected chi connectivity index (χ3v) is 21.0. The van der Waals surface area contributed by atoms with Crippen LogP contribution in [0.1, 0.15) is 427 Å². The van der Waals surface area contributed by atoms with Gasteiger partial charge in [-0.2, -0.15) is 0 Å². The molecule has 0 aromatic heterocycles. The molecule has 0 radical (unpaired) electrons. The van der Waals surface area contributed by atoms with Crippen molar-refractivity contribution in [1.82, 2.24) is 0 Å². The average molecular weight is 1480 g/mol. The smallest absolute Gasteiger partial charge is 0.462 e. The van der Waals surface area contributed by atoms with E-state index < -0.39 is 97.5 Å². The van der Waals surface area contributed by atoms with Crippen LogP contribution in [-0.4, -0.2) is 96.7 Å². The molecule has 0 aliphatic carbocycles. The molecule has 0 aliphatic heterocycles. The summed E-state index contributed by atoms with van der Waals surface area (Å²) >= 11 is 0. The van der Waals surface area contributed by atoms with Gasteiger partial charge in [0.2, 0.25) is 0 Å². The minimum absolute atomic E-state index is 0.106. The highest BCUT2D eigenvalue weighted by Crippen LogP contribution is 2.45. The van der Waals surface area contributed by atoms with Crippen molar-refractivity contribution >= 4 is 39.5 Å². The molecule has 0 spiro atoms. The highest BCUT2D eigenvalue weighted by molar-refractivity contribution is 7.47. The van der Waals surface area contributed by atoms with E-state index in [0.717, 1.165) is 108 Å². The van der Waals surface area contributed by atoms with Crippen LogP contribution >= 0.6 is 15.6 Å². The van der Waals surface area contributed by atoms with Gasteiger partial charge in [-0.05, 0) is 43.4 Å². The molecule has 19 heteroatoms. The Balaban J connectivity index is 5.24. The number of esters is 4. The van der Waals surface area contributed by atoms with Crippen molar-refractivity contribution in [3.63, 3.8) is 0 Å². The lowest BCUT2D eigenvalue weighted by Gasteiger charge is -2.21. The molecule has 0 aromatic carbocycles. The van der Waals surface area contributed by atoms with E-state index in [1.54, 1.807) is 0 Å². The number of carbonyl (C=O) groups is 4. The molecule has 101 heavy (non-hydrogen) atoms. The van der Waals surface area contributed by atoms with Crippen molar-refractivity contribution in [1.29, 1.82) is 0 Å². The fraction of sp³-hybridized carbons (Fsp3) is 0.951. The second-order valence-electron chi connectivity index (χ2n) is 30.9. The molecule has 17 nitrogen and oxygen atoms in total. The van der Waals surface area contributed by atoms with Crippen LogP contribution in [0.4, 0.5) is 0 Å². The topological polar surface area (TPSA) is 237 Å². The van der Waals surface area contributed by atoms with Crippen molar-refractivity contribution in [2.24, 2.45) is 17.8 Å². The lowest BCUT2D eigenvalue weighted by atomic mass is 10.0. The van der Waals surface area contributed by atoms with Crippen molar-refractivity contribution in [2.45, 2.75) is 446 Å². The Bertz CT molecular complexity index is 1960. The summed E-state index contributed by atoms with van der Waals surface area (Å²) < 4.78 is 68.8. The van der Waals surface area contributed by atoms with Gasteiger partial charge < -0.3 is 33.8 Å². The maximum atomic E-state index is 13.1. The predicted octanol–water partition coefficient (Wildman–Crippen LogP) is 24.5. The molecule has 0 heterocycles. The summed E-state index contributed by atoms with van der Waals surface area (Å²) in [5, 5.41) is 10.6. The number of hydrogen-bond donors (Lipinski definition) is 3. The zero-order valence-corrected chi connectivity index (χ0v) is 68.2. The van der Waals surface area contributed by atoms with Crippen molar-refractivity contribution < 1.29 is 80.2 Å². The molecule has 0 saturated carbocycles. The van der Waals surface area contributed by atoms with Crippen molar-refractivity contribution in [3.05, 3.63) is 0 Å². The minimum Gasteiger partial charge on any atom is -0.462 e. The Morgan fingerprint density at radius 3 is 0.673 bits per heavy atom. The fourth-order valence-electron chi connectivity index (χ4n) is 12.7. The molecule has 5 atom stereocenters. The second kappa shape index (κ2) is 72.3. The van der Waals surface area contributed by atoms with Gasteiger partial charge in [0.25, 0.3) is 0 Å². The zero-order chi connectivity index (χ0) is 74.4. The van der Waals surface area contributed by atoms with Gasteiger partial charge in [-0.15, -0.1) is 0 Å². The van der Waals surface area contributed by atoms with Crippen LogP contribution in [0.15, 0.2) is 0 Å². The zero-order valence-electron chi connectivity index (χ0n) is 66.4. The molecule has 2 unspecified atom stereocenters. The first-order valence-corrected chi connectivity index (χ1v) is 45.3. The molecule has 3 N–H and O–H groups in total. The third-order valence-electron chi connectivity index (χ3n) is 19.1. The number of aliphatic hydroxyl groups excluding tert-OH is 1. The van der Waals surface area contributed by atoms with Crippen LogP contribution in [0, 0.1) is 17.8 Å². The van der Waals surface area contributed by atoms with Crippen LogP contribution < -0.4 is 0 Å². The van der Waals surface area contributed by atoms with E-state index in [1.807, 2.05) is 0 Å². The molecule has 0 saturated heterocycles. The number of phosphoric acid groups is 2. The third kappa shape index (κ3) is 76.1. The maximum absolute atomic E-state index is 13.1. The van der Waals surface area contributed by atoms with Gasteiger partial charge >= 0.3 is 39.5 Å². The summed E-state index contributed by atoms with van der Waals surface area (Å²) in [7, 11) is -9.92. The number of ether oxygens (including phenoxy) is 4. The van der Waals surface area contributed by atoms with E-state index in [2.05, 4.69) is 48.5 Å². The summed E-state index contributed by atoms with van der Waals surface area (Å²) in [5.74, 6) is 0.174. The van der Waals surface area contributed by atoms with E-state index >= 15 is 0 Å². The Kier molecular flexibility index (Phi) is 70.9. The lowest BCUT2D eigenvalue weighted by molar-refractivity contribution is -0.161. The van der Waals surface area contributed by atoms with Crippen LogP contribution in [0.2, 0.25) is 0 Å². The van der Waals surface area contributed by atoms with Crippen LogP contribution in [0.5, 0.6) is 0 Å². The maximum Gasteiger partial charge on any atom is 0.472 e.